The van der Waals surface area contributed by atoms with Crippen LogP contribution >= 0.6 is 11.6 Å². The zero-order chi connectivity index (χ0) is 10.1. The highest BCUT2D eigenvalue weighted by atomic mass is 35.5. The molecule has 0 fully saturated rings. The summed E-state index contributed by atoms with van der Waals surface area (Å²) in [6.07, 6.45) is 1.66. The minimum Gasteiger partial charge on any atom is -0.464 e. The van der Waals surface area contributed by atoms with Gasteiger partial charge in [-0.3, -0.25) is 0 Å². The largest absolute Gasteiger partial charge is 0.464 e. The summed E-state index contributed by atoms with van der Waals surface area (Å²) in [4.78, 5) is 0. The molecule has 0 aliphatic rings. The zero-order valence-corrected chi connectivity index (χ0v) is 8.93. The number of hydrogen-bond donors (Lipinski definition) is 0. The highest BCUT2D eigenvalue weighted by Gasteiger charge is 2.09. The van der Waals surface area contributed by atoms with Crippen molar-refractivity contribution >= 4 is 11.6 Å². The van der Waals surface area contributed by atoms with E-state index in [2.05, 4.69) is 6.07 Å². The highest BCUT2D eigenvalue weighted by molar-refractivity contribution is 6.33. The minimum atomic E-state index is 0.748. The topological polar surface area (TPSA) is 13.1 Å². The molecule has 1 heterocycles. The van der Waals surface area contributed by atoms with Crippen LogP contribution in [0.15, 0.2) is 34.9 Å². The van der Waals surface area contributed by atoms with E-state index in [-0.39, 0.29) is 0 Å². The van der Waals surface area contributed by atoms with Gasteiger partial charge in [0.1, 0.15) is 5.76 Å². The molecule has 1 aromatic carbocycles. The monoisotopic (exact) mass is 206 g/mol. The molecule has 0 radical (unpaired) electrons. The maximum Gasteiger partial charge on any atom is 0.135 e. The van der Waals surface area contributed by atoms with Crippen LogP contribution in [0.4, 0.5) is 0 Å². The molecule has 0 saturated heterocycles. The summed E-state index contributed by atoms with van der Waals surface area (Å²) in [7, 11) is 0. The van der Waals surface area contributed by atoms with Gasteiger partial charge in [-0.1, -0.05) is 17.7 Å². The van der Waals surface area contributed by atoms with Gasteiger partial charge in [-0.25, -0.2) is 0 Å². The van der Waals surface area contributed by atoms with Crippen LogP contribution in [-0.2, 0) is 0 Å². The first kappa shape index (κ1) is 9.35. The quantitative estimate of drug-likeness (QED) is 0.681. The van der Waals surface area contributed by atoms with E-state index in [1.807, 2.05) is 32.0 Å². The summed E-state index contributed by atoms with van der Waals surface area (Å²) < 4.78 is 5.34. The maximum absolute atomic E-state index is 6.17. The lowest BCUT2D eigenvalue weighted by atomic mass is 10.0. The molecule has 2 rings (SSSR count). The van der Waals surface area contributed by atoms with Crippen molar-refractivity contribution in [1.82, 2.24) is 0 Å². The van der Waals surface area contributed by atoms with Crippen LogP contribution in [-0.4, -0.2) is 0 Å². The van der Waals surface area contributed by atoms with Crippen molar-refractivity contribution in [2.24, 2.45) is 0 Å². The molecule has 0 N–H and O–H groups in total. The number of hydrogen-bond acceptors (Lipinski definition) is 1. The molecule has 0 amide bonds. The van der Waals surface area contributed by atoms with Gasteiger partial charge in [0.05, 0.1) is 11.3 Å². The Morgan fingerprint density at radius 3 is 2.57 bits per heavy atom. The summed E-state index contributed by atoms with van der Waals surface area (Å²) in [5.41, 5.74) is 3.30. The normalized spacial score (nSPS) is 10.5. The summed E-state index contributed by atoms with van der Waals surface area (Å²) >= 11 is 6.17. The van der Waals surface area contributed by atoms with Crippen LogP contribution in [0.25, 0.3) is 11.3 Å². The fraction of sp³-hybridized carbons (Fsp3) is 0.167. The summed E-state index contributed by atoms with van der Waals surface area (Å²) in [6, 6.07) is 7.84. The van der Waals surface area contributed by atoms with Crippen LogP contribution in [0.5, 0.6) is 0 Å². The first-order valence-electron chi connectivity index (χ1n) is 4.49. The standard InChI is InChI=1S/C12H11ClO/c1-8-6-9(2)12(10(13)7-8)11-4-3-5-14-11/h3-7H,1-2H3. The van der Waals surface area contributed by atoms with Gasteiger partial charge in [0, 0.05) is 5.56 Å². The summed E-state index contributed by atoms with van der Waals surface area (Å²) in [6.45, 7) is 4.07. The predicted octanol–water partition coefficient (Wildman–Crippen LogP) is 4.22. The Hall–Kier alpha value is -1.21. The molecule has 2 heteroatoms. The molecule has 1 nitrogen and oxygen atoms in total. The Morgan fingerprint density at radius 1 is 1.21 bits per heavy atom. The van der Waals surface area contributed by atoms with Gasteiger partial charge in [-0.15, -0.1) is 0 Å². The lowest BCUT2D eigenvalue weighted by Gasteiger charge is -2.06. The third-order valence-electron chi connectivity index (χ3n) is 2.20. The molecule has 72 valence electrons. The first-order valence-corrected chi connectivity index (χ1v) is 4.87. The Balaban J connectivity index is 2.64. The number of rotatable bonds is 1. The van der Waals surface area contributed by atoms with Gasteiger partial charge in [0.15, 0.2) is 0 Å². The van der Waals surface area contributed by atoms with Gasteiger partial charge >= 0.3 is 0 Å². The molecule has 14 heavy (non-hydrogen) atoms. The Bertz CT molecular complexity index is 420. The summed E-state index contributed by atoms with van der Waals surface area (Å²) in [5, 5.41) is 0.748. The molecule has 0 aliphatic carbocycles. The van der Waals surface area contributed by atoms with Crippen molar-refractivity contribution in [2.45, 2.75) is 13.8 Å². The lowest BCUT2D eigenvalue weighted by molar-refractivity contribution is 0.582. The third kappa shape index (κ3) is 1.55. The van der Waals surface area contributed by atoms with Crippen molar-refractivity contribution in [1.29, 1.82) is 0 Å². The fourth-order valence-electron chi connectivity index (χ4n) is 1.65. The molecule has 0 saturated carbocycles. The van der Waals surface area contributed by atoms with Crippen molar-refractivity contribution in [3.8, 4) is 11.3 Å². The van der Waals surface area contributed by atoms with E-state index < -0.39 is 0 Å². The number of benzene rings is 1. The highest BCUT2D eigenvalue weighted by Crippen LogP contribution is 2.32. The van der Waals surface area contributed by atoms with E-state index >= 15 is 0 Å². The van der Waals surface area contributed by atoms with Gasteiger partial charge in [0.2, 0.25) is 0 Å². The van der Waals surface area contributed by atoms with Gasteiger partial charge < -0.3 is 4.42 Å². The molecular formula is C12H11ClO. The van der Waals surface area contributed by atoms with Crippen molar-refractivity contribution in [3.63, 3.8) is 0 Å². The average Bonchev–Trinajstić information content (AvgIpc) is 2.54. The zero-order valence-electron chi connectivity index (χ0n) is 8.17. The second-order valence-electron chi connectivity index (χ2n) is 3.42. The van der Waals surface area contributed by atoms with Crippen molar-refractivity contribution < 1.29 is 4.42 Å². The van der Waals surface area contributed by atoms with Crippen LogP contribution < -0.4 is 0 Å². The number of aryl methyl sites for hydroxylation is 2. The fourth-order valence-corrected chi connectivity index (χ4v) is 2.06. The van der Waals surface area contributed by atoms with Gasteiger partial charge in [-0.05, 0) is 43.2 Å². The average molecular weight is 207 g/mol. The Labute approximate surface area is 88.3 Å². The number of furan rings is 1. The molecule has 0 aliphatic heterocycles. The third-order valence-corrected chi connectivity index (χ3v) is 2.50. The van der Waals surface area contributed by atoms with Crippen molar-refractivity contribution in [2.75, 3.05) is 0 Å². The Kier molecular flexibility index (Phi) is 2.34. The van der Waals surface area contributed by atoms with E-state index in [4.69, 9.17) is 16.0 Å². The molecule has 0 spiro atoms. The smallest absolute Gasteiger partial charge is 0.135 e. The first-order chi connectivity index (χ1) is 6.68. The molecular weight excluding hydrogens is 196 g/mol. The maximum atomic E-state index is 6.17. The van der Waals surface area contributed by atoms with E-state index in [9.17, 15) is 0 Å². The van der Waals surface area contributed by atoms with Gasteiger partial charge in [0.25, 0.3) is 0 Å². The predicted molar refractivity (Wildman–Crippen MR) is 58.6 cm³/mol. The number of halogens is 1. The second kappa shape index (κ2) is 3.50. The molecule has 0 atom stereocenters. The van der Waals surface area contributed by atoms with Crippen LogP contribution in [0, 0.1) is 13.8 Å². The van der Waals surface area contributed by atoms with Crippen LogP contribution in [0.2, 0.25) is 5.02 Å². The van der Waals surface area contributed by atoms with E-state index in [0.717, 1.165) is 21.9 Å². The van der Waals surface area contributed by atoms with Gasteiger partial charge in [-0.2, -0.15) is 0 Å². The SMILES string of the molecule is Cc1cc(C)c(-c2ccco2)c(Cl)c1. The lowest BCUT2D eigenvalue weighted by Crippen LogP contribution is -1.85. The molecule has 1 aromatic heterocycles. The molecule has 0 bridgehead atoms. The Morgan fingerprint density at radius 2 is 2.00 bits per heavy atom. The second-order valence-corrected chi connectivity index (χ2v) is 3.82. The molecule has 0 unspecified atom stereocenters. The molecule has 2 aromatic rings. The van der Waals surface area contributed by atoms with E-state index in [0.29, 0.717) is 0 Å². The van der Waals surface area contributed by atoms with E-state index in [1.54, 1.807) is 6.26 Å². The summed E-state index contributed by atoms with van der Waals surface area (Å²) in [5.74, 6) is 0.826. The van der Waals surface area contributed by atoms with Crippen molar-refractivity contribution in [3.05, 3.63) is 46.7 Å². The van der Waals surface area contributed by atoms with Crippen LogP contribution in [0.3, 0.4) is 0 Å². The minimum absolute atomic E-state index is 0.748. The van der Waals surface area contributed by atoms with Crippen LogP contribution in [0.1, 0.15) is 11.1 Å². The van der Waals surface area contributed by atoms with E-state index in [1.165, 1.54) is 5.56 Å².